The van der Waals surface area contributed by atoms with Crippen molar-refractivity contribution >= 4 is 26.6 Å². The Balaban J connectivity index is 5.73. The summed E-state index contributed by atoms with van der Waals surface area (Å²) in [5, 5.41) is 0. The first-order chi connectivity index (χ1) is 10.4. The Morgan fingerprint density at radius 1 is 0.478 bits per heavy atom. The van der Waals surface area contributed by atoms with Crippen molar-refractivity contribution in [3.63, 3.8) is 0 Å². The third kappa shape index (κ3) is 6.42. The lowest BCUT2D eigenvalue weighted by Crippen LogP contribution is -2.56. The van der Waals surface area contributed by atoms with E-state index in [9.17, 15) is 0 Å². The molecule has 0 N–H and O–H groups in total. The van der Waals surface area contributed by atoms with Crippen molar-refractivity contribution in [3.8, 4) is 0 Å². The van der Waals surface area contributed by atoms with Crippen molar-refractivity contribution in [2.24, 2.45) is 0 Å². The highest BCUT2D eigenvalue weighted by Crippen LogP contribution is 2.41. The highest BCUT2D eigenvalue weighted by atomic mass is 28.5. The van der Waals surface area contributed by atoms with Gasteiger partial charge in [0.1, 0.15) is 0 Å². The van der Waals surface area contributed by atoms with Crippen LogP contribution in [0.15, 0.2) is 0 Å². The third-order valence-electron chi connectivity index (χ3n) is 4.88. The molecule has 2 nitrogen and oxygen atoms in total. The van der Waals surface area contributed by atoms with Gasteiger partial charge in [0.15, 0.2) is 18.1 Å². The van der Waals surface area contributed by atoms with Crippen LogP contribution in [0.2, 0.25) is 33.2 Å². The molecule has 0 bridgehead atoms. The maximum absolute atomic E-state index is 7.11. The molecule has 0 aromatic rings. The SMILES string of the molecule is CC(C)[SiH](O[Si](O[SiH](C(C)C)C(C)C)(C(C)C)C(C)C)C(C)C. The zero-order valence-electron chi connectivity index (χ0n) is 17.9. The van der Waals surface area contributed by atoms with E-state index in [-0.39, 0.29) is 0 Å². The van der Waals surface area contributed by atoms with Gasteiger partial charge in [0.25, 0.3) is 0 Å². The van der Waals surface area contributed by atoms with Crippen LogP contribution >= 0.6 is 0 Å². The molecule has 0 aliphatic heterocycles. The Labute approximate surface area is 151 Å². The van der Waals surface area contributed by atoms with Gasteiger partial charge < -0.3 is 8.23 Å². The molecule has 0 aromatic carbocycles. The van der Waals surface area contributed by atoms with Gasteiger partial charge >= 0.3 is 8.56 Å². The molecule has 23 heavy (non-hydrogen) atoms. The molecule has 5 heteroatoms. The van der Waals surface area contributed by atoms with Crippen molar-refractivity contribution in [1.29, 1.82) is 0 Å². The molecule has 0 radical (unpaired) electrons. The Bertz CT molecular complexity index is 280. The van der Waals surface area contributed by atoms with Crippen LogP contribution in [-0.2, 0) is 8.23 Å². The first kappa shape index (κ1) is 23.6. The van der Waals surface area contributed by atoms with Crippen molar-refractivity contribution in [2.75, 3.05) is 0 Å². The maximum atomic E-state index is 7.11. The van der Waals surface area contributed by atoms with Crippen LogP contribution in [0.25, 0.3) is 0 Å². The Kier molecular flexibility index (Phi) is 10.1. The average molecular weight is 377 g/mol. The van der Waals surface area contributed by atoms with Crippen LogP contribution in [0.5, 0.6) is 0 Å². The summed E-state index contributed by atoms with van der Waals surface area (Å²) in [5.74, 6) is 0. The lowest BCUT2D eigenvalue weighted by molar-refractivity contribution is 0.339. The Hall–Kier alpha value is 0.571. The van der Waals surface area contributed by atoms with Gasteiger partial charge in [-0.05, 0) is 33.2 Å². The molecule has 0 fully saturated rings. The van der Waals surface area contributed by atoms with E-state index in [4.69, 9.17) is 8.23 Å². The maximum Gasteiger partial charge on any atom is 0.322 e. The van der Waals surface area contributed by atoms with E-state index in [2.05, 4.69) is 83.1 Å². The second-order valence-electron chi connectivity index (χ2n) is 9.17. The zero-order valence-corrected chi connectivity index (χ0v) is 21.2. The molecule has 0 aliphatic carbocycles. The van der Waals surface area contributed by atoms with Crippen molar-refractivity contribution in [1.82, 2.24) is 0 Å². The van der Waals surface area contributed by atoms with Gasteiger partial charge in [0, 0.05) is 0 Å². The van der Waals surface area contributed by atoms with Crippen LogP contribution in [0.4, 0.5) is 0 Å². The number of hydrogen-bond acceptors (Lipinski definition) is 2. The standard InChI is InChI=1S/C18H44O2Si3/c1-13(2)21(14(3)4)19-23(17(9)10,18(11)12)20-22(15(5)6)16(7)8/h13-18,21-22H,1-12H3. The van der Waals surface area contributed by atoms with Crippen LogP contribution in [0.3, 0.4) is 0 Å². The fourth-order valence-electron chi connectivity index (χ4n) is 3.75. The summed E-state index contributed by atoms with van der Waals surface area (Å²) in [6, 6.07) is 0. The van der Waals surface area contributed by atoms with Crippen molar-refractivity contribution in [3.05, 3.63) is 0 Å². The molecule has 0 unspecified atom stereocenters. The second kappa shape index (κ2) is 9.90. The van der Waals surface area contributed by atoms with E-state index in [0.29, 0.717) is 33.2 Å². The summed E-state index contributed by atoms with van der Waals surface area (Å²) in [6.45, 7) is 28.1. The highest BCUT2D eigenvalue weighted by Gasteiger charge is 2.49. The molecule has 0 aliphatic rings. The lowest BCUT2D eigenvalue weighted by Gasteiger charge is -2.46. The van der Waals surface area contributed by atoms with E-state index >= 15 is 0 Å². The molecule has 0 heterocycles. The fraction of sp³-hybridized carbons (Fsp3) is 1.00. The predicted molar refractivity (Wildman–Crippen MR) is 113 cm³/mol. The van der Waals surface area contributed by atoms with Gasteiger partial charge in [-0.1, -0.05) is 83.1 Å². The fourth-order valence-corrected chi connectivity index (χ4v) is 21.0. The van der Waals surface area contributed by atoms with E-state index in [1.165, 1.54) is 0 Å². The van der Waals surface area contributed by atoms with Gasteiger partial charge in [-0.2, -0.15) is 0 Å². The molecule has 0 saturated carbocycles. The zero-order chi connectivity index (χ0) is 18.5. The Morgan fingerprint density at radius 2 is 0.696 bits per heavy atom. The van der Waals surface area contributed by atoms with E-state index < -0.39 is 26.6 Å². The van der Waals surface area contributed by atoms with Gasteiger partial charge in [-0.15, -0.1) is 0 Å². The minimum Gasteiger partial charge on any atom is -0.438 e. The molecule has 140 valence electrons. The normalized spacial score (nSPS) is 14.1. The minimum absolute atomic E-state index is 0.516. The molecule has 0 saturated heterocycles. The smallest absolute Gasteiger partial charge is 0.322 e. The minimum atomic E-state index is -2.20. The quantitative estimate of drug-likeness (QED) is 0.412. The van der Waals surface area contributed by atoms with Crippen LogP contribution in [0.1, 0.15) is 83.1 Å². The molecule has 0 rings (SSSR count). The molecular formula is C18H44O2Si3. The summed E-state index contributed by atoms with van der Waals surface area (Å²) in [6.07, 6.45) is 0. The summed E-state index contributed by atoms with van der Waals surface area (Å²) in [5.41, 5.74) is 3.70. The summed E-state index contributed by atoms with van der Waals surface area (Å²) in [4.78, 5) is 0. The average Bonchev–Trinajstić information content (AvgIpc) is 2.36. The highest BCUT2D eigenvalue weighted by molar-refractivity contribution is 6.83. The molecule has 0 spiro atoms. The number of rotatable bonds is 10. The summed E-state index contributed by atoms with van der Waals surface area (Å²) in [7, 11) is -4.76. The van der Waals surface area contributed by atoms with Gasteiger partial charge in [-0.25, -0.2) is 0 Å². The lowest BCUT2D eigenvalue weighted by atomic mass is 10.5. The van der Waals surface area contributed by atoms with E-state index in [1.807, 2.05) is 0 Å². The van der Waals surface area contributed by atoms with Gasteiger partial charge in [-0.3, -0.25) is 0 Å². The van der Waals surface area contributed by atoms with E-state index in [0.717, 1.165) is 0 Å². The van der Waals surface area contributed by atoms with E-state index in [1.54, 1.807) is 0 Å². The second-order valence-corrected chi connectivity index (χ2v) is 22.0. The molecule has 0 amide bonds. The van der Waals surface area contributed by atoms with Gasteiger partial charge in [0.05, 0.1) is 0 Å². The van der Waals surface area contributed by atoms with Crippen LogP contribution < -0.4 is 0 Å². The number of hydrogen-bond donors (Lipinski definition) is 0. The van der Waals surface area contributed by atoms with Crippen LogP contribution in [-0.4, -0.2) is 26.6 Å². The summed E-state index contributed by atoms with van der Waals surface area (Å²) < 4.78 is 14.2. The Morgan fingerprint density at radius 3 is 0.826 bits per heavy atom. The van der Waals surface area contributed by atoms with Gasteiger partial charge in [0.2, 0.25) is 0 Å². The summed E-state index contributed by atoms with van der Waals surface area (Å²) >= 11 is 0. The predicted octanol–water partition coefficient (Wildman–Crippen LogP) is 6.37. The van der Waals surface area contributed by atoms with Crippen molar-refractivity contribution < 1.29 is 8.23 Å². The topological polar surface area (TPSA) is 18.5 Å². The first-order valence-corrected chi connectivity index (χ1v) is 15.3. The molecule has 0 atom stereocenters. The monoisotopic (exact) mass is 376 g/mol. The van der Waals surface area contributed by atoms with Crippen molar-refractivity contribution in [2.45, 2.75) is 116 Å². The third-order valence-corrected chi connectivity index (χ3v) is 18.5. The molecule has 0 aromatic heterocycles. The van der Waals surface area contributed by atoms with Crippen LogP contribution in [0, 0.1) is 0 Å². The largest absolute Gasteiger partial charge is 0.438 e. The molecular weight excluding hydrogens is 332 g/mol. The first-order valence-electron chi connectivity index (χ1n) is 9.72.